The van der Waals surface area contributed by atoms with Gasteiger partial charge >= 0.3 is 6.03 Å². The van der Waals surface area contributed by atoms with E-state index in [0.29, 0.717) is 13.2 Å². The summed E-state index contributed by atoms with van der Waals surface area (Å²) in [6.45, 7) is 5.00. The molecule has 0 aliphatic heterocycles. The third-order valence-electron chi connectivity index (χ3n) is 2.49. The lowest BCUT2D eigenvalue weighted by Crippen LogP contribution is -2.39. The van der Waals surface area contributed by atoms with E-state index in [1.54, 1.807) is 18.2 Å². The monoisotopic (exact) mass is 296 g/mol. The third-order valence-corrected chi connectivity index (χ3v) is 2.49. The topological polar surface area (TPSA) is 59.6 Å². The van der Waals surface area contributed by atoms with Crippen LogP contribution in [-0.4, -0.2) is 32.1 Å². The number of hydrogen-bond donors (Lipinski definition) is 2. The van der Waals surface area contributed by atoms with Crippen molar-refractivity contribution < 1.29 is 18.7 Å². The average molecular weight is 296 g/mol. The summed E-state index contributed by atoms with van der Waals surface area (Å²) in [6.07, 6.45) is 2.70. The van der Waals surface area contributed by atoms with Crippen molar-refractivity contribution in [2.45, 2.75) is 20.1 Å². The Labute approximate surface area is 124 Å². The molecule has 0 saturated carbocycles. The summed E-state index contributed by atoms with van der Waals surface area (Å²) in [5.41, 5.74) is 0.790. The lowest BCUT2D eigenvalue weighted by atomic mass is 10.2. The minimum Gasteiger partial charge on any atom is -0.351 e. The fraction of sp³-hybridized carbons (Fsp3) is 0.400. The lowest BCUT2D eigenvalue weighted by Gasteiger charge is -2.17. The highest BCUT2D eigenvalue weighted by atomic mass is 19.1. The normalized spacial score (nSPS) is 11.0. The van der Waals surface area contributed by atoms with Crippen molar-refractivity contribution in [1.82, 2.24) is 10.6 Å². The summed E-state index contributed by atoms with van der Waals surface area (Å²) in [4.78, 5) is 11.6. The van der Waals surface area contributed by atoms with Crippen LogP contribution in [0.5, 0.6) is 0 Å². The summed E-state index contributed by atoms with van der Waals surface area (Å²) in [7, 11) is 0. The molecule has 0 radical (unpaired) electrons. The summed E-state index contributed by atoms with van der Waals surface area (Å²) >= 11 is 0. The zero-order chi connectivity index (χ0) is 15.5. The first-order chi connectivity index (χ1) is 10.2. The van der Waals surface area contributed by atoms with Gasteiger partial charge in [0.15, 0.2) is 6.29 Å². The van der Waals surface area contributed by atoms with Crippen LogP contribution in [0.4, 0.5) is 9.18 Å². The van der Waals surface area contributed by atoms with E-state index in [9.17, 15) is 9.18 Å². The predicted octanol–water partition coefficient (Wildman–Crippen LogP) is 2.49. The Morgan fingerprint density at radius 2 is 1.86 bits per heavy atom. The SMILES string of the molecule is CCOC(CNC(=O)N/C=C/c1ccc(F)cc1)OCC. The Balaban J connectivity index is 2.31. The largest absolute Gasteiger partial charge is 0.351 e. The van der Waals surface area contributed by atoms with E-state index in [1.165, 1.54) is 18.3 Å². The zero-order valence-corrected chi connectivity index (χ0v) is 12.3. The van der Waals surface area contributed by atoms with Crippen LogP contribution >= 0.6 is 0 Å². The molecule has 0 unspecified atom stereocenters. The summed E-state index contributed by atoms with van der Waals surface area (Å²) in [5.74, 6) is -0.296. The van der Waals surface area contributed by atoms with Crippen molar-refractivity contribution in [2.75, 3.05) is 19.8 Å². The van der Waals surface area contributed by atoms with Gasteiger partial charge in [0.1, 0.15) is 5.82 Å². The summed E-state index contributed by atoms with van der Waals surface area (Å²) in [5, 5.41) is 5.19. The number of benzene rings is 1. The van der Waals surface area contributed by atoms with Crippen molar-refractivity contribution in [3.05, 3.63) is 41.8 Å². The van der Waals surface area contributed by atoms with Gasteiger partial charge in [-0.2, -0.15) is 0 Å². The number of urea groups is 1. The molecule has 21 heavy (non-hydrogen) atoms. The molecular formula is C15H21FN2O3. The number of carbonyl (C=O) groups is 1. The first-order valence-corrected chi connectivity index (χ1v) is 6.85. The maximum atomic E-state index is 12.7. The first-order valence-electron chi connectivity index (χ1n) is 6.85. The Morgan fingerprint density at radius 1 is 1.24 bits per heavy atom. The molecule has 0 aromatic heterocycles. The van der Waals surface area contributed by atoms with Crippen LogP contribution in [0, 0.1) is 5.82 Å². The smallest absolute Gasteiger partial charge is 0.318 e. The summed E-state index contributed by atoms with van der Waals surface area (Å²) in [6, 6.07) is 5.58. The van der Waals surface area contributed by atoms with Crippen LogP contribution in [0.15, 0.2) is 30.5 Å². The van der Waals surface area contributed by atoms with Gasteiger partial charge in [-0.25, -0.2) is 9.18 Å². The van der Waals surface area contributed by atoms with E-state index in [1.807, 2.05) is 13.8 Å². The zero-order valence-electron chi connectivity index (χ0n) is 12.3. The van der Waals surface area contributed by atoms with Crippen molar-refractivity contribution in [3.8, 4) is 0 Å². The molecule has 0 aliphatic rings. The maximum absolute atomic E-state index is 12.7. The van der Waals surface area contributed by atoms with Crippen LogP contribution in [0.3, 0.4) is 0 Å². The minimum atomic E-state index is -0.452. The van der Waals surface area contributed by atoms with Gasteiger partial charge in [-0.05, 0) is 37.6 Å². The second-order valence-corrected chi connectivity index (χ2v) is 4.08. The number of ether oxygens (including phenoxy) is 2. The Morgan fingerprint density at radius 3 is 2.43 bits per heavy atom. The van der Waals surface area contributed by atoms with E-state index < -0.39 is 6.29 Å². The number of rotatable bonds is 8. The molecule has 0 atom stereocenters. The molecule has 1 aromatic rings. The van der Waals surface area contributed by atoms with Gasteiger partial charge in [-0.3, -0.25) is 0 Å². The number of nitrogens with one attached hydrogen (secondary N) is 2. The average Bonchev–Trinajstić information content (AvgIpc) is 2.47. The number of halogens is 1. The second kappa shape index (κ2) is 9.90. The number of amides is 2. The predicted molar refractivity (Wildman–Crippen MR) is 79.0 cm³/mol. The molecule has 2 N–H and O–H groups in total. The van der Waals surface area contributed by atoms with Crippen molar-refractivity contribution in [2.24, 2.45) is 0 Å². The number of hydrogen-bond acceptors (Lipinski definition) is 3. The van der Waals surface area contributed by atoms with Crippen molar-refractivity contribution >= 4 is 12.1 Å². The Hall–Kier alpha value is -1.92. The molecule has 2 amide bonds. The molecule has 1 rings (SSSR count). The van der Waals surface area contributed by atoms with Crippen LogP contribution < -0.4 is 10.6 Å². The van der Waals surface area contributed by atoms with Gasteiger partial charge in [0.05, 0.1) is 6.54 Å². The van der Waals surface area contributed by atoms with Gasteiger partial charge in [0.2, 0.25) is 0 Å². The van der Waals surface area contributed by atoms with Crippen molar-refractivity contribution in [1.29, 1.82) is 0 Å². The molecule has 5 nitrogen and oxygen atoms in total. The van der Waals surface area contributed by atoms with Crippen LogP contribution in [-0.2, 0) is 9.47 Å². The van der Waals surface area contributed by atoms with E-state index in [4.69, 9.17) is 9.47 Å². The van der Waals surface area contributed by atoms with E-state index in [2.05, 4.69) is 10.6 Å². The van der Waals surface area contributed by atoms with Gasteiger partial charge < -0.3 is 20.1 Å². The Kier molecular flexibility index (Phi) is 8.08. The van der Waals surface area contributed by atoms with Crippen LogP contribution in [0.1, 0.15) is 19.4 Å². The van der Waals surface area contributed by atoms with Gasteiger partial charge in [0, 0.05) is 19.4 Å². The van der Waals surface area contributed by atoms with E-state index >= 15 is 0 Å². The second-order valence-electron chi connectivity index (χ2n) is 4.08. The van der Waals surface area contributed by atoms with Crippen LogP contribution in [0.25, 0.3) is 6.08 Å². The molecular weight excluding hydrogens is 275 g/mol. The highest BCUT2D eigenvalue weighted by Gasteiger charge is 2.08. The lowest BCUT2D eigenvalue weighted by molar-refractivity contribution is -0.131. The standard InChI is InChI=1S/C15H21FN2O3/c1-3-20-14(21-4-2)11-18-15(19)17-10-9-12-5-7-13(16)8-6-12/h5-10,14H,3-4,11H2,1-2H3,(H2,17,18,19)/b10-9+. The summed E-state index contributed by atoms with van der Waals surface area (Å²) < 4.78 is 23.3. The minimum absolute atomic E-state index is 0.262. The third kappa shape index (κ3) is 7.43. The molecule has 0 spiro atoms. The fourth-order valence-electron chi connectivity index (χ4n) is 1.55. The van der Waals surface area contributed by atoms with Gasteiger partial charge in [-0.1, -0.05) is 12.1 Å². The first kappa shape index (κ1) is 17.1. The molecule has 116 valence electrons. The molecule has 0 aliphatic carbocycles. The highest BCUT2D eigenvalue weighted by Crippen LogP contribution is 2.03. The van der Waals surface area contributed by atoms with Gasteiger partial charge in [0.25, 0.3) is 0 Å². The Bertz CT molecular complexity index is 443. The van der Waals surface area contributed by atoms with E-state index in [0.717, 1.165) is 5.56 Å². The molecule has 0 saturated heterocycles. The van der Waals surface area contributed by atoms with Crippen LogP contribution in [0.2, 0.25) is 0 Å². The quantitative estimate of drug-likeness (QED) is 0.725. The molecule has 1 aromatic carbocycles. The maximum Gasteiger partial charge on any atom is 0.318 e. The number of carbonyl (C=O) groups excluding carboxylic acids is 1. The van der Waals surface area contributed by atoms with E-state index in [-0.39, 0.29) is 18.4 Å². The molecule has 6 heteroatoms. The molecule has 0 heterocycles. The van der Waals surface area contributed by atoms with Crippen molar-refractivity contribution in [3.63, 3.8) is 0 Å². The molecule has 0 bridgehead atoms. The fourth-order valence-corrected chi connectivity index (χ4v) is 1.55. The molecule has 0 fully saturated rings. The van der Waals surface area contributed by atoms with Gasteiger partial charge in [-0.15, -0.1) is 0 Å². The highest BCUT2D eigenvalue weighted by molar-refractivity contribution is 5.75.